The van der Waals surface area contributed by atoms with Crippen molar-refractivity contribution in [2.45, 2.75) is 53.1 Å². The summed E-state index contributed by atoms with van der Waals surface area (Å²) in [6, 6.07) is 1.25. The molecule has 2 nitrogen and oxygen atoms in total. The molecule has 12 heavy (non-hydrogen) atoms. The molecule has 0 aromatic rings. The van der Waals surface area contributed by atoms with Crippen LogP contribution in [0.5, 0.6) is 0 Å². The Hall–Kier alpha value is 0.517. The zero-order chi connectivity index (χ0) is 9.28. The zero-order valence-electron chi connectivity index (χ0n) is 9.57. The van der Waals surface area contributed by atoms with E-state index in [2.05, 4.69) is 33.0 Å². The van der Waals surface area contributed by atoms with Gasteiger partial charge in [0, 0.05) is 12.1 Å². The van der Waals surface area contributed by atoms with Crippen LogP contribution in [0.25, 0.3) is 5.73 Å². The summed E-state index contributed by atoms with van der Waals surface area (Å²) >= 11 is 0. The molecule has 0 amide bonds. The first-order valence-electron chi connectivity index (χ1n) is 4.45. The Morgan fingerprint density at radius 2 is 1.33 bits per heavy atom. The summed E-state index contributed by atoms with van der Waals surface area (Å²) in [6.45, 7) is 11.2. The van der Waals surface area contributed by atoms with Crippen molar-refractivity contribution in [1.82, 2.24) is 5.32 Å². The second-order valence-corrected chi connectivity index (χ2v) is 3.23. The van der Waals surface area contributed by atoms with Crippen molar-refractivity contribution in [3.05, 3.63) is 5.73 Å². The second-order valence-electron chi connectivity index (χ2n) is 3.23. The minimum Gasteiger partial charge on any atom is -0.677 e. The molecule has 0 aliphatic carbocycles. The van der Waals surface area contributed by atoms with Gasteiger partial charge < -0.3 is 11.1 Å². The van der Waals surface area contributed by atoms with E-state index in [9.17, 15) is 0 Å². The molecule has 0 spiro atoms. The van der Waals surface area contributed by atoms with Crippen molar-refractivity contribution in [3.8, 4) is 0 Å². The quantitative estimate of drug-likeness (QED) is 0.581. The Balaban J connectivity index is -0.000000142. The Morgan fingerprint density at radius 1 is 1.08 bits per heavy atom. The van der Waals surface area contributed by atoms with Crippen LogP contribution in [0, 0.1) is 0 Å². The molecule has 0 aromatic heterocycles. The fourth-order valence-electron chi connectivity index (χ4n) is 0.667. The van der Waals surface area contributed by atoms with Crippen molar-refractivity contribution in [1.29, 1.82) is 0 Å². The molecule has 0 atom stereocenters. The molecule has 0 saturated heterocycles. The summed E-state index contributed by atoms with van der Waals surface area (Å²) in [6.07, 6.45) is 0.986. The normalized spacial score (nSPS) is 9.00. The van der Waals surface area contributed by atoms with Crippen molar-refractivity contribution in [3.63, 3.8) is 0 Å². The Morgan fingerprint density at radius 3 is 1.33 bits per heavy atom. The van der Waals surface area contributed by atoms with E-state index in [0.717, 1.165) is 6.42 Å². The number of hydrogen-bond donors (Lipinski definition) is 1. The summed E-state index contributed by atoms with van der Waals surface area (Å²) in [5.74, 6) is 0. The maximum atomic E-state index is 6.45. The van der Waals surface area contributed by atoms with Gasteiger partial charge in [0.1, 0.15) is 0 Å². The van der Waals surface area contributed by atoms with Crippen LogP contribution in [-0.2, 0) is 0 Å². The Labute approximate surface area is 89.9 Å². The van der Waals surface area contributed by atoms with Crippen molar-refractivity contribution >= 4 is 0 Å². The largest absolute Gasteiger partial charge is 1.00 e. The van der Waals surface area contributed by atoms with E-state index in [0.29, 0.717) is 18.6 Å². The van der Waals surface area contributed by atoms with Crippen molar-refractivity contribution < 1.29 is 18.9 Å². The average molecular weight is 166 g/mol. The summed E-state index contributed by atoms with van der Waals surface area (Å²) in [7, 11) is 0. The van der Waals surface area contributed by atoms with Crippen LogP contribution >= 0.6 is 0 Å². The molecule has 2 N–H and O–H groups in total. The molecule has 70 valence electrons. The summed E-state index contributed by atoms with van der Waals surface area (Å²) in [5.41, 5.74) is 6.45. The van der Waals surface area contributed by atoms with Gasteiger partial charge >= 0.3 is 18.9 Å². The van der Waals surface area contributed by atoms with Crippen LogP contribution in [0.15, 0.2) is 0 Å². The molecule has 0 aliphatic rings. The third kappa shape index (κ3) is 31.3. The Kier molecular flexibility index (Phi) is 21.5. The minimum atomic E-state index is 0. The SMILES string of the molecule is CC(C)NC(C)C.CCC[NH-].[Li+]. The van der Waals surface area contributed by atoms with Crippen LogP contribution in [0.1, 0.15) is 41.0 Å². The minimum absolute atomic E-state index is 0. The number of nitrogens with one attached hydrogen (secondary N) is 2. The molecule has 0 fully saturated rings. The Bertz CT molecular complexity index is 57.5. The van der Waals surface area contributed by atoms with Gasteiger partial charge in [0.05, 0.1) is 0 Å². The van der Waals surface area contributed by atoms with Crippen LogP contribution in [0.3, 0.4) is 0 Å². The van der Waals surface area contributed by atoms with Gasteiger partial charge in [-0.3, -0.25) is 0 Å². The molecule has 0 aromatic carbocycles. The molecule has 0 bridgehead atoms. The fraction of sp³-hybridized carbons (Fsp3) is 1.00. The summed E-state index contributed by atoms with van der Waals surface area (Å²) in [5, 5.41) is 3.31. The van der Waals surface area contributed by atoms with Gasteiger partial charge in [0.15, 0.2) is 0 Å². The molecule has 0 rings (SSSR count). The standard InChI is InChI=1S/C6H15N.C3H8N.Li/c1-5(2)7-6(3)4;1-2-3-4;/h5-7H,1-4H3;4H,2-3H2,1H3;/q;-1;+1. The molecular formula is C9H23LiN2. The van der Waals surface area contributed by atoms with Gasteiger partial charge in [-0.2, -0.15) is 6.54 Å². The second kappa shape index (κ2) is 14.1. The van der Waals surface area contributed by atoms with Crippen LogP contribution in [0.2, 0.25) is 0 Å². The molecular weight excluding hydrogens is 143 g/mol. The van der Waals surface area contributed by atoms with Crippen LogP contribution < -0.4 is 24.2 Å². The fourth-order valence-corrected chi connectivity index (χ4v) is 0.667. The molecule has 0 heterocycles. The zero-order valence-corrected chi connectivity index (χ0v) is 9.57. The van der Waals surface area contributed by atoms with E-state index in [1.165, 1.54) is 0 Å². The maximum absolute atomic E-state index is 6.45. The van der Waals surface area contributed by atoms with E-state index in [1.54, 1.807) is 0 Å². The molecule has 0 aliphatic heterocycles. The van der Waals surface area contributed by atoms with E-state index in [4.69, 9.17) is 5.73 Å². The van der Waals surface area contributed by atoms with Crippen LogP contribution in [0.4, 0.5) is 0 Å². The smallest absolute Gasteiger partial charge is 0.677 e. The van der Waals surface area contributed by atoms with Crippen molar-refractivity contribution in [2.75, 3.05) is 6.54 Å². The predicted octanol–water partition coefficient (Wildman–Crippen LogP) is -0.155. The van der Waals surface area contributed by atoms with Crippen molar-refractivity contribution in [2.24, 2.45) is 0 Å². The predicted molar refractivity (Wildman–Crippen MR) is 52.9 cm³/mol. The van der Waals surface area contributed by atoms with Gasteiger partial charge in [-0.05, 0) is 0 Å². The molecule has 3 heteroatoms. The molecule has 0 unspecified atom stereocenters. The van der Waals surface area contributed by atoms with Gasteiger partial charge in [0.25, 0.3) is 0 Å². The number of hydrogen-bond acceptors (Lipinski definition) is 1. The molecule has 0 saturated carbocycles. The van der Waals surface area contributed by atoms with E-state index < -0.39 is 0 Å². The maximum Gasteiger partial charge on any atom is 1.00 e. The van der Waals surface area contributed by atoms with E-state index in [1.807, 2.05) is 6.92 Å². The first-order chi connectivity index (χ1) is 5.04. The topological polar surface area (TPSA) is 35.8 Å². The van der Waals surface area contributed by atoms with Gasteiger partial charge in [-0.25, -0.2) is 0 Å². The first-order valence-corrected chi connectivity index (χ1v) is 4.45. The summed E-state index contributed by atoms with van der Waals surface area (Å²) < 4.78 is 0. The molecule has 0 radical (unpaired) electrons. The first kappa shape index (κ1) is 18.3. The summed E-state index contributed by atoms with van der Waals surface area (Å²) in [4.78, 5) is 0. The van der Waals surface area contributed by atoms with Crippen LogP contribution in [-0.4, -0.2) is 18.6 Å². The van der Waals surface area contributed by atoms with E-state index in [-0.39, 0.29) is 18.9 Å². The van der Waals surface area contributed by atoms with Gasteiger partial charge in [-0.15, -0.1) is 0 Å². The monoisotopic (exact) mass is 166 g/mol. The van der Waals surface area contributed by atoms with Gasteiger partial charge in [0.2, 0.25) is 0 Å². The third-order valence-electron chi connectivity index (χ3n) is 0.917. The van der Waals surface area contributed by atoms with E-state index >= 15 is 0 Å². The average Bonchev–Trinajstić information content (AvgIpc) is 1.85. The van der Waals surface area contributed by atoms with Gasteiger partial charge in [-0.1, -0.05) is 41.0 Å². The number of rotatable bonds is 3. The third-order valence-corrected chi connectivity index (χ3v) is 0.917.